The van der Waals surface area contributed by atoms with E-state index in [1.165, 1.54) is 6.42 Å². The second-order valence-corrected chi connectivity index (χ2v) is 7.54. The Bertz CT molecular complexity index is 459. The van der Waals surface area contributed by atoms with E-state index in [0.717, 1.165) is 19.4 Å². The Morgan fingerprint density at radius 1 is 1.21 bits per heavy atom. The van der Waals surface area contributed by atoms with Gasteiger partial charge in [0.2, 0.25) is 11.8 Å². The lowest BCUT2D eigenvalue weighted by atomic mass is 10.0. The zero-order valence-electron chi connectivity index (χ0n) is 15.6. The number of rotatable bonds is 5. The van der Waals surface area contributed by atoms with Crippen LogP contribution in [0.3, 0.4) is 0 Å². The molecule has 138 valence electrons. The molecule has 0 aromatic heterocycles. The molecule has 1 heterocycles. The number of urea groups is 1. The number of piperidine rings is 1. The second-order valence-electron chi connectivity index (χ2n) is 7.54. The van der Waals surface area contributed by atoms with Crippen LogP contribution in [0.25, 0.3) is 0 Å². The van der Waals surface area contributed by atoms with Crippen LogP contribution in [0.15, 0.2) is 0 Å². The second kappa shape index (κ2) is 8.89. The van der Waals surface area contributed by atoms with E-state index in [-0.39, 0.29) is 36.4 Å². The molecule has 2 atom stereocenters. The van der Waals surface area contributed by atoms with Crippen molar-refractivity contribution in [3.8, 4) is 0 Å². The van der Waals surface area contributed by atoms with Crippen LogP contribution >= 0.6 is 0 Å². The highest BCUT2D eigenvalue weighted by atomic mass is 16.2. The highest BCUT2D eigenvalue weighted by molar-refractivity contribution is 5.87. The summed E-state index contributed by atoms with van der Waals surface area (Å²) in [5, 5.41) is 8.02. The van der Waals surface area contributed by atoms with Gasteiger partial charge in [-0.2, -0.15) is 0 Å². The average Bonchev–Trinajstić information content (AvgIpc) is 2.45. The molecule has 24 heavy (non-hydrogen) atoms. The lowest BCUT2D eigenvalue weighted by Crippen LogP contribution is -2.53. The zero-order chi connectivity index (χ0) is 18.3. The fourth-order valence-electron chi connectivity index (χ4n) is 2.69. The molecule has 3 N–H and O–H groups in total. The van der Waals surface area contributed by atoms with Crippen LogP contribution in [0.4, 0.5) is 4.79 Å². The van der Waals surface area contributed by atoms with E-state index in [2.05, 4.69) is 22.9 Å². The van der Waals surface area contributed by atoms with Gasteiger partial charge in [-0.1, -0.05) is 0 Å². The van der Waals surface area contributed by atoms with Crippen molar-refractivity contribution in [1.29, 1.82) is 0 Å². The average molecular weight is 340 g/mol. The third-order valence-corrected chi connectivity index (χ3v) is 3.99. The molecule has 0 aromatic carbocycles. The monoisotopic (exact) mass is 340 g/mol. The van der Waals surface area contributed by atoms with Crippen LogP contribution in [0.1, 0.15) is 60.3 Å². The number of hydrogen-bond donors (Lipinski definition) is 3. The first-order valence-corrected chi connectivity index (χ1v) is 8.76. The fourth-order valence-corrected chi connectivity index (χ4v) is 2.69. The minimum Gasteiger partial charge on any atom is -0.350 e. The molecule has 0 spiro atoms. The molecule has 0 bridgehead atoms. The summed E-state index contributed by atoms with van der Waals surface area (Å²) in [7, 11) is 0. The summed E-state index contributed by atoms with van der Waals surface area (Å²) < 4.78 is 0. The maximum absolute atomic E-state index is 12.2. The number of carbonyl (C=O) groups is 3. The van der Waals surface area contributed by atoms with Gasteiger partial charge in [-0.15, -0.1) is 0 Å². The molecule has 1 aliphatic rings. The molecular weight excluding hydrogens is 308 g/mol. The molecule has 0 aromatic rings. The van der Waals surface area contributed by atoms with Crippen LogP contribution < -0.4 is 16.0 Å². The van der Waals surface area contributed by atoms with Crippen LogP contribution in [0, 0.1) is 0 Å². The van der Waals surface area contributed by atoms with Gasteiger partial charge in [0.25, 0.3) is 0 Å². The highest BCUT2D eigenvalue weighted by Crippen LogP contribution is 2.16. The lowest BCUT2D eigenvalue weighted by molar-refractivity contribution is -0.134. The Morgan fingerprint density at radius 3 is 2.46 bits per heavy atom. The molecule has 1 rings (SSSR count). The number of nitrogens with zero attached hydrogens (tertiary/aromatic N) is 1. The van der Waals surface area contributed by atoms with E-state index in [1.807, 2.05) is 25.7 Å². The van der Waals surface area contributed by atoms with Crippen LogP contribution in [0.5, 0.6) is 0 Å². The topological polar surface area (TPSA) is 90.5 Å². The molecule has 0 saturated carbocycles. The quantitative estimate of drug-likeness (QED) is 0.706. The Balaban J connectivity index is 2.28. The third-order valence-electron chi connectivity index (χ3n) is 3.99. The summed E-state index contributed by atoms with van der Waals surface area (Å²) in [6.45, 7) is 10.4. The number of likely N-dealkylation sites (tertiary alicyclic amines) is 1. The minimum absolute atomic E-state index is 0.0704. The first-order chi connectivity index (χ1) is 11.1. The fraction of sp³-hybridized carbons (Fsp3) is 0.824. The van der Waals surface area contributed by atoms with E-state index in [9.17, 15) is 14.4 Å². The Labute approximate surface area is 144 Å². The van der Waals surface area contributed by atoms with Crippen molar-refractivity contribution in [2.24, 2.45) is 0 Å². The van der Waals surface area contributed by atoms with Gasteiger partial charge in [0, 0.05) is 31.1 Å². The Kier molecular flexibility index (Phi) is 7.51. The predicted molar refractivity (Wildman–Crippen MR) is 93.5 cm³/mol. The van der Waals surface area contributed by atoms with E-state index in [4.69, 9.17) is 0 Å². The summed E-state index contributed by atoms with van der Waals surface area (Å²) in [6, 6.07) is -0.797. The number of carbonyl (C=O) groups excluding carboxylic acids is 3. The zero-order valence-corrected chi connectivity index (χ0v) is 15.6. The molecule has 1 fully saturated rings. The summed E-state index contributed by atoms with van der Waals surface area (Å²) in [6.07, 6.45) is 3.53. The van der Waals surface area contributed by atoms with Gasteiger partial charge in [0.1, 0.15) is 6.04 Å². The minimum atomic E-state index is -0.637. The van der Waals surface area contributed by atoms with Crippen molar-refractivity contribution >= 4 is 17.8 Å². The summed E-state index contributed by atoms with van der Waals surface area (Å²) in [5.41, 5.74) is -0.346. The molecule has 1 saturated heterocycles. The first kappa shape index (κ1) is 20.3. The van der Waals surface area contributed by atoms with Gasteiger partial charge in [-0.3, -0.25) is 9.59 Å². The summed E-state index contributed by atoms with van der Waals surface area (Å²) in [5.74, 6) is -0.170. The van der Waals surface area contributed by atoms with Crippen molar-refractivity contribution < 1.29 is 14.4 Å². The molecule has 4 amide bonds. The lowest BCUT2D eigenvalue weighted by Gasteiger charge is -2.33. The molecule has 7 nitrogen and oxygen atoms in total. The van der Waals surface area contributed by atoms with Gasteiger partial charge in [0.15, 0.2) is 0 Å². The SMILES string of the molecule is C[C@H](NC(=O)NCCC(=O)N1CCCC[C@H]1C)C(=O)NC(C)(C)C. The summed E-state index contributed by atoms with van der Waals surface area (Å²) in [4.78, 5) is 37.8. The number of hydrogen-bond acceptors (Lipinski definition) is 3. The molecule has 0 unspecified atom stereocenters. The van der Waals surface area contributed by atoms with Gasteiger partial charge >= 0.3 is 6.03 Å². The van der Waals surface area contributed by atoms with Crippen molar-refractivity contribution in [1.82, 2.24) is 20.9 Å². The maximum Gasteiger partial charge on any atom is 0.315 e. The van der Waals surface area contributed by atoms with Crippen LogP contribution in [-0.4, -0.2) is 53.5 Å². The normalized spacial score (nSPS) is 19.4. The van der Waals surface area contributed by atoms with Crippen molar-refractivity contribution in [2.45, 2.75) is 77.9 Å². The van der Waals surface area contributed by atoms with E-state index >= 15 is 0 Å². The maximum atomic E-state index is 12.2. The van der Waals surface area contributed by atoms with Crippen molar-refractivity contribution in [3.05, 3.63) is 0 Å². The van der Waals surface area contributed by atoms with Crippen molar-refractivity contribution in [2.75, 3.05) is 13.1 Å². The molecule has 0 radical (unpaired) electrons. The largest absolute Gasteiger partial charge is 0.350 e. The van der Waals surface area contributed by atoms with E-state index in [1.54, 1.807) is 6.92 Å². The predicted octanol–water partition coefficient (Wildman–Crippen LogP) is 1.38. The third kappa shape index (κ3) is 7.19. The Hall–Kier alpha value is -1.79. The molecular formula is C17H32N4O3. The van der Waals surface area contributed by atoms with Crippen LogP contribution in [0.2, 0.25) is 0 Å². The molecule has 7 heteroatoms. The molecule has 1 aliphatic heterocycles. The number of nitrogens with one attached hydrogen (secondary N) is 3. The van der Waals surface area contributed by atoms with E-state index in [0.29, 0.717) is 0 Å². The van der Waals surface area contributed by atoms with Gasteiger partial charge in [-0.25, -0.2) is 4.79 Å². The smallest absolute Gasteiger partial charge is 0.315 e. The Morgan fingerprint density at radius 2 is 1.88 bits per heavy atom. The molecule has 0 aliphatic carbocycles. The van der Waals surface area contributed by atoms with E-state index < -0.39 is 12.1 Å². The van der Waals surface area contributed by atoms with Gasteiger partial charge in [0.05, 0.1) is 0 Å². The van der Waals surface area contributed by atoms with Crippen LogP contribution in [-0.2, 0) is 9.59 Å². The van der Waals surface area contributed by atoms with Gasteiger partial charge < -0.3 is 20.9 Å². The first-order valence-electron chi connectivity index (χ1n) is 8.76. The van der Waals surface area contributed by atoms with Gasteiger partial charge in [-0.05, 0) is 53.9 Å². The number of amides is 4. The summed E-state index contributed by atoms with van der Waals surface area (Å²) >= 11 is 0. The highest BCUT2D eigenvalue weighted by Gasteiger charge is 2.23. The standard InChI is InChI=1S/C17H32N4O3/c1-12-8-6-7-11-21(12)14(22)9-10-18-16(24)19-13(2)15(23)20-17(3,4)5/h12-13H,6-11H2,1-5H3,(H,20,23)(H2,18,19,24)/t12-,13+/m1/s1. The van der Waals surface area contributed by atoms with Crippen molar-refractivity contribution in [3.63, 3.8) is 0 Å².